The lowest BCUT2D eigenvalue weighted by molar-refractivity contribution is -0.143. The summed E-state index contributed by atoms with van der Waals surface area (Å²) in [6, 6.07) is 5.15. The second kappa shape index (κ2) is 7.82. The van der Waals surface area contributed by atoms with Crippen molar-refractivity contribution in [2.75, 3.05) is 20.3 Å². The molecule has 0 N–H and O–H groups in total. The molecule has 0 heterocycles. The summed E-state index contributed by atoms with van der Waals surface area (Å²) in [7, 11) is 1.55. The first-order chi connectivity index (χ1) is 8.67. The highest BCUT2D eigenvalue weighted by atomic mass is 35.5. The Labute approximate surface area is 112 Å². The van der Waals surface area contributed by atoms with Crippen molar-refractivity contribution in [3.63, 3.8) is 0 Å². The molecule has 0 spiro atoms. The van der Waals surface area contributed by atoms with E-state index in [4.69, 9.17) is 25.8 Å². The quantitative estimate of drug-likeness (QED) is 0.565. The zero-order valence-electron chi connectivity index (χ0n) is 10.6. The van der Waals surface area contributed by atoms with Crippen LogP contribution in [0.1, 0.15) is 19.8 Å². The smallest absolute Gasteiger partial charge is 0.305 e. The van der Waals surface area contributed by atoms with Crippen molar-refractivity contribution in [3.8, 4) is 11.5 Å². The van der Waals surface area contributed by atoms with Gasteiger partial charge in [0.25, 0.3) is 0 Å². The summed E-state index contributed by atoms with van der Waals surface area (Å²) in [6.07, 6.45) is 0.953. The van der Waals surface area contributed by atoms with E-state index in [0.29, 0.717) is 42.6 Å². The molecule has 1 rings (SSSR count). The maximum atomic E-state index is 11.1. The summed E-state index contributed by atoms with van der Waals surface area (Å²) >= 11 is 5.84. The molecule has 18 heavy (non-hydrogen) atoms. The Balaban J connectivity index is 2.37. The van der Waals surface area contributed by atoms with Crippen LogP contribution in [0.4, 0.5) is 0 Å². The first-order valence-electron chi connectivity index (χ1n) is 5.79. The molecule has 0 saturated carbocycles. The number of halogens is 1. The normalized spacial score (nSPS) is 9.94. The molecule has 0 aliphatic carbocycles. The third-order valence-electron chi connectivity index (χ3n) is 2.21. The van der Waals surface area contributed by atoms with Crippen LogP contribution >= 0.6 is 11.6 Å². The average Bonchev–Trinajstić information content (AvgIpc) is 2.36. The predicted octanol–water partition coefficient (Wildman–Crippen LogP) is 3.07. The van der Waals surface area contributed by atoms with E-state index < -0.39 is 0 Å². The summed E-state index contributed by atoms with van der Waals surface area (Å²) in [5.74, 6) is 0.994. The van der Waals surface area contributed by atoms with Gasteiger partial charge < -0.3 is 14.2 Å². The van der Waals surface area contributed by atoms with Crippen LogP contribution in [0.5, 0.6) is 11.5 Å². The second-order valence-electron chi connectivity index (χ2n) is 3.55. The molecule has 0 unspecified atom stereocenters. The van der Waals surface area contributed by atoms with Gasteiger partial charge in [-0.1, -0.05) is 11.6 Å². The number of rotatable bonds is 7. The van der Waals surface area contributed by atoms with Gasteiger partial charge in [-0.05, 0) is 25.5 Å². The highest BCUT2D eigenvalue weighted by Gasteiger charge is 2.06. The summed E-state index contributed by atoms with van der Waals surface area (Å²) < 4.78 is 15.5. The highest BCUT2D eigenvalue weighted by molar-refractivity contribution is 6.30. The van der Waals surface area contributed by atoms with Crippen molar-refractivity contribution in [2.45, 2.75) is 19.8 Å². The van der Waals surface area contributed by atoms with Crippen molar-refractivity contribution in [3.05, 3.63) is 23.2 Å². The lowest BCUT2D eigenvalue weighted by atomic mass is 10.3. The number of hydrogen-bond acceptors (Lipinski definition) is 4. The Morgan fingerprint density at radius 2 is 2.11 bits per heavy atom. The predicted molar refractivity (Wildman–Crippen MR) is 69.4 cm³/mol. The van der Waals surface area contributed by atoms with Crippen molar-refractivity contribution in [2.24, 2.45) is 0 Å². The Bertz CT molecular complexity index is 393. The molecule has 1 aromatic rings. The highest BCUT2D eigenvalue weighted by Crippen LogP contribution is 2.29. The standard InChI is InChI=1S/C13H17ClO4/c1-3-17-13(15)5-4-8-18-11-7-6-10(14)9-12(11)16-2/h6-7,9H,3-5,8H2,1-2H3. The molecule has 100 valence electrons. The van der Waals surface area contributed by atoms with E-state index in [1.165, 1.54) is 0 Å². The fraction of sp³-hybridized carbons (Fsp3) is 0.462. The molecule has 5 heteroatoms. The fourth-order valence-corrected chi connectivity index (χ4v) is 1.55. The minimum atomic E-state index is -0.204. The molecule has 1 aromatic carbocycles. The van der Waals surface area contributed by atoms with Gasteiger partial charge in [0.05, 0.1) is 20.3 Å². The van der Waals surface area contributed by atoms with Gasteiger partial charge in [-0.15, -0.1) is 0 Å². The third-order valence-corrected chi connectivity index (χ3v) is 2.45. The molecule has 4 nitrogen and oxygen atoms in total. The number of hydrogen-bond donors (Lipinski definition) is 0. The minimum Gasteiger partial charge on any atom is -0.493 e. The van der Waals surface area contributed by atoms with E-state index in [1.54, 1.807) is 32.2 Å². The zero-order chi connectivity index (χ0) is 13.4. The maximum absolute atomic E-state index is 11.1. The number of carbonyl (C=O) groups is 1. The summed E-state index contributed by atoms with van der Waals surface area (Å²) in [5.41, 5.74) is 0. The molecule has 0 bridgehead atoms. The first kappa shape index (κ1) is 14.6. The average molecular weight is 273 g/mol. The first-order valence-corrected chi connectivity index (χ1v) is 6.17. The zero-order valence-corrected chi connectivity index (χ0v) is 11.3. The second-order valence-corrected chi connectivity index (χ2v) is 3.99. The van der Waals surface area contributed by atoms with Gasteiger partial charge in [0, 0.05) is 17.5 Å². The molecule has 0 fully saturated rings. The van der Waals surface area contributed by atoms with Crippen LogP contribution in [-0.2, 0) is 9.53 Å². The van der Waals surface area contributed by atoms with E-state index in [-0.39, 0.29) is 5.97 Å². The molecule has 0 aromatic heterocycles. The number of ether oxygens (including phenoxy) is 3. The lowest BCUT2D eigenvalue weighted by Crippen LogP contribution is -2.07. The number of esters is 1. The van der Waals surface area contributed by atoms with Crippen molar-refractivity contribution in [1.82, 2.24) is 0 Å². The van der Waals surface area contributed by atoms with Gasteiger partial charge in [0.2, 0.25) is 0 Å². The van der Waals surface area contributed by atoms with Crippen LogP contribution in [0.3, 0.4) is 0 Å². The van der Waals surface area contributed by atoms with Crippen LogP contribution < -0.4 is 9.47 Å². The van der Waals surface area contributed by atoms with E-state index in [9.17, 15) is 4.79 Å². The van der Waals surface area contributed by atoms with E-state index in [1.807, 2.05) is 0 Å². The molecule has 0 amide bonds. The topological polar surface area (TPSA) is 44.8 Å². The van der Waals surface area contributed by atoms with Crippen LogP contribution in [0.15, 0.2) is 18.2 Å². The van der Waals surface area contributed by atoms with Crippen LogP contribution in [-0.4, -0.2) is 26.3 Å². The molecule has 0 saturated heterocycles. The van der Waals surface area contributed by atoms with Gasteiger partial charge in [-0.3, -0.25) is 4.79 Å². The molecular formula is C13H17ClO4. The Hall–Kier alpha value is -1.42. The van der Waals surface area contributed by atoms with Crippen molar-refractivity contribution in [1.29, 1.82) is 0 Å². The van der Waals surface area contributed by atoms with E-state index >= 15 is 0 Å². The fourth-order valence-electron chi connectivity index (χ4n) is 1.39. The van der Waals surface area contributed by atoms with Gasteiger partial charge in [0.15, 0.2) is 11.5 Å². The Morgan fingerprint density at radius 3 is 2.78 bits per heavy atom. The molecular weight excluding hydrogens is 256 g/mol. The van der Waals surface area contributed by atoms with E-state index in [0.717, 1.165) is 0 Å². The van der Waals surface area contributed by atoms with Gasteiger partial charge in [-0.2, -0.15) is 0 Å². The largest absolute Gasteiger partial charge is 0.493 e. The van der Waals surface area contributed by atoms with E-state index in [2.05, 4.69) is 0 Å². The molecule has 0 aliphatic rings. The molecule has 0 radical (unpaired) electrons. The van der Waals surface area contributed by atoms with Gasteiger partial charge in [-0.25, -0.2) is 0 Å². The van der Waals surface area contributed by atoms with Crippen molar-refractivity contribution < 1.29 is 19.0 Å². The lowest BCUT2D eigenvalue weighted by Gasteiger charge is -2.10. The van der Waals surface area contributed by atoms with Crippen LogP contribution in [0.2, 0.25) is 5.02 Å². The Kier molecular flexibility index (Phi) is 6.36. The summed E-state index contributed by atoms with van der Waals surface area (Å²) in [6.45, 7) is 2.62. The summed E-state index contributed by atoms with van der Waals surface area (Å²) in [4.78, 5) is 11.1. The number of benzene rings is 1. The van der Waals surface area contributed by atoms with Crippen LogP contribution in [0, 0.1) is 0 Å². The van der Waals surface area contributed by atoms with Crippen molar-refractivity contribution >= 4 is 17.6 Å². The van der Waals surface area contributed by atoms with Gasteiger partial charge >= 0.3 is 5.97 Å². The Morgan fingerprint density at radius 1 is 1.33 bits per heavy atom. The third kappa shape index (κ3) is 4.84. The maximum Gasteiger partial charge on any atom is 0.305 e. The molecule has 0 atom stereocenters. The molecule has 0 aliphatic heterocycles. The summed E-state index contributed by atoms with van der Waals surface area (Å²) in [5, 5.41) is 0.589. The SMILES string of the molecule is CCOC(=O)CCCOc1ccc(Cl)cc1OC. The van der Waals surface area contributed by atoms with Crippen LogP contribution in [0.25, 0.3) is 0 Å². The minimum absolute atomic E-state index is 0.204. The number of carbonyl (C=O) groups excluding carboxylic acids is 1. The van der Waals surface area contributed by atoms with Gasteiger partial charge in [0.1, 0.15) is 0 Å². The number of methoxy groups -OCH3 is 1. The monoisotopic (exact) mass is 272 g/mol.